The number of anilines is 1. The zero-order chi connectivity index (χ0) is 59.0. The number of β-lactam (4-membered cyclic amide) rings is 1. The molecule has 436 valence electrons. The van der Waals surface area contributed by atoms with Crippen molar-refractivity contribution in [2.24, 2.45) is 11.1 Å². The number of nitrogens with zero attached hydrogens (tertiary/aromatic N) is 6. The van der Waals surface area contributed by atoms with E-state index < -0.39 is 104 Å². The number of rotatable bonds is 17. The number of aryl methyl sites for hydroxylation is 1. The molecule has 5 N–H and O–H groups in total. The smallest absolute Gasteiger partial charge is 0.418 e. The summed E-state index contributed by atoms with van der Waals surface area (Å²) in [4.78, 5) is 91.7. The van der Waals surface area contributed by atoms with Crippen molar-refractivity contribution in [2.45, 2.75) is 182 Å². The van der Waals surface area contributed by atoms with Crippen LogP contribution in [0.15, 0.2) is 41.1 Å². The number of oxime groups is 1. The Kier molecular flexibility index (Phi) is 17.8. The van der Waals surface area contributed by atoms with Gasteiger partial charge in [-0.15, -0.1) is 20.3 Å². The van der Waals surface area contributed by atoms with Gasteiger partial charge in [-0.25, -0.2) is 24.2 Å². The lowest BCUT2D eigenvalue weighted by Gasteiger charge is -2.50. The number of ether oxygens (including phenoxy) is 5. The van der Waals surface area contributed by atoms with Crippen LogP contribution >= 0.6 is 11.3 Å². The van der Waals surface area contributed by atoms with E-state index in [0.717, 1.165) is 28.0 Å². The maximum Gasteiger partial charge on any atom is 0.418 e. The summed E-state index contributed by atoms with van der Waals surface area (Å²) < 4.78 is 69.2. The van der Waals surface area contributed by atoms with Crippen molar-refractivity contribution in [1.29, 1.82) is 0 Å². The van der Waals surface area contributed by atoms with E-state index in [1.807, 2.05) is 33.9 Å². The molecule has 0 bridgehead atoms. The normalized spacial score (nSPS) is 19.1. The first kappa shape index (κ1) is 61.6. The number of thiazole rings is 1. The van der Waals surface area contributed by atoms with Crippen LogP contribution in [-0.4, -0.2) is 151 Å². The maximum absolute atomic E-state index is 14.4. The highest BCUT2D eigenvalue weighted by Gasteiger charge is 2.58. The number of alkyl carbamates (subject to hydrolysis) is 1. The average Bonchev–Trinajstić information content (AvgIpc) is 3.90. The molecule has 4 atom stereocenters. The van der Waals surface area contributed by atoms with Gasteiger partial charge in [-0.05, 0) is 140 Å². The van der Waals surface area contributed by atoms with E-state index in [0.29, 0.717) is 36.9 Å². The van der Waals surface area contributed by atoms with Crippen molar-refractivity contribution in [1.82, 2.24) is 30.3 Å². The van der Waals surface area contributed by atoms with Crippen molar-refractivity contribution in [3.8, 4) is 16.9 Å². The summed E-state index contributed by atoms with van der Waals surface area (Å²) in [5.74, 6) is -2.57. The average molecular weight is 1150 g/mol. The highest BCUT2D eigenvalue weighted by molar-refractivity contribution is 7.80. The minimum absolute atomic E-state index is 0.0272. The molecule has 0 aliphatic carbocycles. The van der Waals surface area contributed by atoms with Crippen molar-refractivity contribution in [3.05, 3.63) is 47.2 Å². The SMILES string of the molecule is CC(C)(C)OC(=O)NCC(O)C[n+]1cc(-c2ccc3c(c2)CCC(C(C)(O/N=C(\C(=O)NC2C(=O)N(OS(=O)(=O)O)C2(C)C)c2csc(NC(=O)OC(C)(C)C)n2)C(=O)OC(C)(C)C)O3)cn1CC1CN(C(=O)OC(C)(C)C)C1. The molecule has 2 saturated heterocycles. The van der Waals surface area contributed by atoms with Crippen LogP contribution in [-0.2, 0) is 72.4 Å². The van der Waals surface area contributed by atoms with E-state index in [-0.39, 0.29) is 36.3 Å². The molecular weight excluding hydrogens is 1070 g/mol. The number of hydrogen-bond donors (Lipinski definition) is 5. The lowest BCUT2D eigenvalue weighted by molar-refractivity contribution is -0.780. The number of carbonyl (C=O) groups excluding carboxylic acids is 6. The Bertz CT molecular complexity index is 2920. The Hall–Kier alpha value is -6.62. The largest absolute Gasteiger partial charge is 0.485 e. The molecule has 4 unspecified atom stereocenters. The summed E-state index contributed by atoms with van der Waals surface area (Å²) in [6.45, 7) is 26.1. The highest BCUT2D eigenvalue weighted by Crippen LogP contribution is 2.38. The fourth-order valence-corrected chi connectivity index (χ4v) is 9.48. The van der Waals surface area contributed by atoms with Crippen LogP contribution in [0.1, 0.15) is 122 Å². The standard InChI is InChI=1S/C51H73N9O17S2/c1-46(2,3)72-41(64)51(15,76-56-37(34-28-78-42(53-34)55-44(66)74-48(7,8)9)39(62)54-38-40(63)60(50(38,13)14)77-79(68,69)70)36-19-17-31-20-30(16-18-35(31)71-36)32-25-58(24-29-22-57(23-29)45(67)75-49(10,11)12)59(26-32)27-33(61)21-52-43(65)73-47(4,5)6/h16,18,20,25-26,28-29,33,36,38,61H,17,19,21-24,27H2,1-15H3,(H3-,52,53,54,55,62,65,66,68,69,70)/p+1/b56-37-. The van der Waals surface area contributed by atoms with Crippen LogP contribution in [0.4, 0.5) is 19.5 Å². The molecule has 3 aromatic rings. The summed E-state index contributed by atoms with van der Waals surface area (Å²) >= 11 is 0.885. The number of esters is 1. The van der Waals surface area contributed by atoms with Gasteiger partial charge in [0.25, 0.3) is 17.4 Å². The third-order valence-electron chi connectivity index (χ3n) is 12.0. The molecule has 26 nitrogen and oxygen atoms in total. The molecule has 6 rings (SSSR count). The van der Waals surface area contributed by atoms with E-state index in [4.69, 9.17) is 28.5 Å². The second kappa shape index (κ2) is 22.9. The Morgan fingerprint density at radius 3 is 2.13 bits per heavy atom. The second-order valence-corrected chi connectivity index (χ2v) is 26.1. The highest BCUT2D eigenvalue weighted by atomic mass is 32.3. The fourth-order valence-electron chi connectivity index (χ4n) is 8.35. The van der Waals surface area contributed by atoms with Gasteiger partial charge in [0.15, 0.2) is 23.5 Å². The van der Waals surface area contributed by atoms with Crippen molar-refractivity contribution in [2.75, 3.05) is 25.0 Å². The van der Waals surface area contributed by atoms with Crippen molar-refractivity contribution in [3.63, 3.8) is 0 Å². The van der Waals surface area contributed by atoms with Crippen LogP contribution in [0, 0.1) is 5.92 Å². The fraction of sp³-hybridized carbons (Fsp3) is 0.627. The predicted molar refractivity (Wildman–Crippen MR) is 284 cm³/mol. The first-order valence-corrected chi connectivity index (χ1v) is 27.7. The van der Waals surface area contributed by atoms with Crippen LogP contribution in [0.25, 0.3) is 11.1 Å². The molecule has 1 aromatic carbocycles. The molecule has 5 heterocycles. The van der Waals surface area contributed by atoms with Gasteiger partial charge in [-0.2, -0.15) is 18.2 Å². The maximum atomic E-state index is 14.4. The Morgan fingerprint density at radius 1 is 0.911 bits per heavy atom. The van der Waals surface area contributed by atoms with Crippen molar-refractivity contribution < 1.29 is 84.3 Å². The number of hydrogen-bond acceptors (Lipinski definition) is 19. The monoisotopic (exact) mass is 1150 g/mol. The van der Waals surface area contributed by atoms with Crippen LogP contribution in [0.2, 0.25) is 0 Å². The number of aliphatic hydroxyl groups is 1. The summed E-state index contributed by atoms with van der Waals surface area (Å²) in [5, 5.41) is 24.6. The number of aliphatic hydroxyl groups excluding tert-OH is 1. The molecule has 3 aliphatic rings. The van der Waals surface area contributed by atoms with Gasteiger partial charge in [-0.3, -0.25) is 19.5 Å². The Labute approximate surface area is 463 Å². The molecule has 3 aliphatic heterocycles. The first-order chi connectivity index (χ1) is 36.2. The molecule has 5 amide bonds. The van der Waals surface area contributed by atoms with Gasteiger partial charge in [0.2, 0.25) is 6.20 Å². The molecule has 2 aromatic heterocycles. The molecular formula is C51H74N9O17S2+. The van der Waals surface area contributed by atoms with Gasteiger partial charge < -0.3 is 49.2 Å². The minimum atomic E-state index is -5.13. The first-order valence-electron chi connectivity index (χ1n) is 25.5. The molecule has 0 radical (unpaired) electrons. The summed E-state index contributed by atoms with van der Waals surface area (Å²) in [7, 11) is -5.13. The van der Waals surface area contributed by atoms with E-state index in [2.05, 4.69) is 30.4 Å². The summed E-state index contributed by atoms with van der Waals surface area (Å²) in [6.07, 6.45) is 0.281. The number of nitrogens with one attached hydrogen (secondary N) is 3. The summed E-state index contributed by atoms with van der Waals surface area (Å²) in [5.41, 5.74) is -5.35. The molecule has 0 spiro atoms. The van der Waals surface area contributed by atoms with Gasteiger partial charge >= 0.3 is 34.6 Å². The quantitative estimate of drug-likeness (QED) is 0.0224. The number of hydroxylamine groups is 2. The molecule has 2 fully saturated rings. The van der Waals surface area contributed by atoms with E-state index in [1.165, 1.54) is 26.2 Å². The third kappa shape index (κ3) is 16.5. The zero-order valence-corrected chi connectivity index (χ0v) is 48.9. The minimum Gasteiger partial charge on any atom is -0.485 e. The molecule has 79 heavy (non-hydrogen) atoms. The van der Waals surface area contributed by atoms with E-state index in [1.54, 1.807) is 94.1 Å². The molecule has 0 saturated carbocycles. The summed E-state index contributed by atoms with van der Waals surface area (Å²) in [6, 6.07) is 4.06. The number of carbonyl (C=O) groups is 6. The Morgan fingerprint density at radius 2 is 1.53 bits per heavy atom. The lowest BCUT2D eigenvalue weighted by atomic mass is 9.84. The second-order valence-electron chi connectivity index (χ2n) is 24.2. The number of likely N-dealkylation sites (tertiary alicyclic amines) is 1. The topological polar surface area (TPSA) is 318 Å². The number of fused-ring (bicyclic) bond motifs is 1. The number of benzene rings is 1. The van der Waals surface area contributed by atoms with Crippen LogP contribution in [0.5, 0.6) is 5.75 Å². The van der Waals surface area contributed by atoms with Gasteiger partial charge in [0.05, 0.1) is 30.4 Å². The van der Waals surface area contributed by atoms with Crippen molar-refractivity contribution >= 4 is 68.6 Å². The van der Waals surface area contributed by atoms with Gasteiger partial charge in [0, 0.05) is 24.4 Å². The third-order valence-corrected chi connectivity index (χ3v) is 13.1. The lowest BCUT2D eigenvalue weighted by Crippen LogP contribution is -2.76. The Balaban J connectivity index is 1.28. The number of aromatic nitrogens is 3. The van der Waals surface area contributed by atoms with Gasteiger partial charge in [0.1, 0.15) is 46.0 Å². The van der Waals surface area contributed by atoms with E-state index >= 15 is 0 Å². The number of amides is 5. The van der Waals surface area contributed by atoms with Crippen LogP contribution in [0.3, 0.4) is 0 Å². The predicted octanol–water partition coefficient (Wildman–Crippen LogP) is 5.05. The zero-order valence-electron chi connectivity index (χ0n) is 47.2. The van der Waals surface area contributed by atoms with E-state index in [9.17, 15) is 46.8 Å². The van der Waals surface area contributed by atoms with Crippen LogP contribution < -0.4 is 25.4 Å². The molecule has 28 heteroatoms. The van der Waals surface area contributed by atoms with Gasteiger partial charge in [-0.1, -0.05) is 11.2 Å².